The summed E-state index contributed by atoms with van der Waals surface area (Å²) in [7, 11) is 0. The van der Waals surface area contributed by atoms with E-state index in [1.54, 1.807) is 19.1 Å². The Morgan fingerprint density at radius 2 is 1.86 bits per heavy atom. The van der Waals surface area contributed by atoms with Gasteiger partial charge in [0, 0.05) is 5.41 Å². The zero-order chi connectivity index (χ0) is 15.9. The third kappa shape index (κ3) is 4.20. The molecular weight excluding hydrogens is 263 g/mol. The molecule has 1 aromatic carbocycles. The fraction of sp³-hybridized carbons (Fsp3) is 0.474. The lowest BCUT2D eigenvalue weighted by Gasteiger charge is -2.35. The van der Waals surface area contributed by atoms with Crippen molar-refractivity contribution >= 4 is 0 Å². The number of halogens is 1. The number of aliphatic hydroxyl groups excluding tert-OH is 1. The van der Waals surface area contributed by atoms with Crippen LogP contribution in [0.3, 0.4) is 0 Å². The van der Waals surface area contributed by atoms with Crippen molar-refractivity contribution in [3.63, 3.8) is 0 Å². The van der Waals surface area contributed by atoms with Crippen LogP contribution in [0.4, 0.5) is 4.39 Å². The van der Waals surface area contributed by atoms with Gasteiger partial charge in [-0.05, 0) is 44.4 Å². The highest BCUT2D eigenvalue weighted by Crippen LogP contribution is 2.41. The van der Waals surface area contributed by atoms with Gasteiger partial charge in [-0.3, -0.25) is 0 Å². The molecule has 0 saturated heterocycles. The van der Waals surface area contributed by atoms with Gasteiger partial charge in [0.25, 0.3) is 0 Å². The smallest absolute Gasteiger partial charge is 0.127 e. The molecule has 116 valence electrons. The molecule has 0 heterocycles. The van der Waals surface area contributed by atoms with Crippen LogP contribution in [0.25, 0.3) is 0 Å². The van der Waals surface area contributed by atoms with Crippen molar-refractivity contribution in [1.82, 2.24) is 0 Å². The predicted molar refractivity (Wildman–Crippen MR) is 88.0 cm³/mol. The van der Waals surface area contributed by atoms with Crippen LogP contribution in [0.5, 0.6) is 0 Å². The van der Waals surface area contributed by atoms with Crippen LogP contribution in [-0.4, -0.2) is 5.11 Å². The van der Waals surface area contributed by atoms with E-state index in [9.17, 15) is 9.50 Å². The van der Waals surface area contributed by atoms with E-state index in [1.807, 2.05) is 25.1 Å². The fourth-order valence-corrected chi connectivity index (χ4v) is 2.92. The van der Waals surface area contributed by atoms with Gasteiger partial charge < -0.3 is 5.11 Å². The maximum atomic E-state index is 14.4. The third-order valence-corrected chi connectivity index (χ3v) is 4.28. The molecule has 1 aromatic rings. The summed E-state index contributed by atoms with van der Waals surface area (Å²) in [4.78, 5) is 0. The van der Waals surface area contributed by atoms with Crippen LogP contribution < -0.4 is 0 Å². The molecule has 0 amide bonds. The van der Waals surface area contributed by atoms with Crippen molar-refractivity contribution in [2.45, 2.75) is 58.8 Å². The minimum atomic E-state index is -0.298. The quantitative estimate of drug-likeness (QED) is 0.477. The van der Waals surface area contributed by atoms with E-state index >= 15 is 0 Å². The molecule has 0 aromatic heterocycles. The molecule has 0 fully saturated rings. The SMILES string of the molecule is CCCCC(CC)(/C(C)=C/C=C(\C)O)c1ccccc1F. The van der Waals surface area contributed by atoms with Crippen LogP contribution in [-0.2, 0) is 5.41 Å². The molecule has 1 unspecified atom stereocenters. The molecular formula is C19H27FO. The second-order valence-electron chi connectivity index (χ2n) is 5.68. The normalized spacial score (nSPS) is 15.9. The van der Waals surface area contributed by atoms with Gasteiger partial charge in [0.15, 0.2) is 0 Å². The lowest BCUT2D eigenvalue weighted by molar-refractivity contribution is 0.405. The van der Waals surface area contributed by atoms with Gasteiger partial charge in [0.2, 0.25) is 0 Å². The highest BCUT2D eigenvalue weighted by atomic mass is 19.1. The molecule has 0 radical (unpaired) electrons. The van der Waals surface area contributed by atoms with Crippen LogP contribution >= 0.6 is 0 Å². The Hall–Kier alpha value is -1.57. The van der Waals surface area contributed by atoms with Crippen LogP contribution in [0.1, 0.15) is 58.9 Å². The molecule has 0 saturated carbocycles. The minimum Gasteiger partial charge on any atom is -0.513 e. The summed E-state index contributed by atoms with van der Waals surface area (Å²) < 4.78 is 14.4. The average molecular weight is 290 g/mol. The first kappa shape index (κ1) is 17.5. The zero-order valence-corrected chi connectivity index (χ0v) is 13.6. The van der Waals surface area contributed by atoms with Gasteiger partial charge in [-0.2, -0.15) is 0 Å². The fourth-order valence-electron chi connectivity index (χ4n) is 2.92. The van der Waals surface area contributed by atoms with Crippen LogP contribution in [0, 0.1) is 5.82 Å². The van der Waals surface area contributed by atoms with Gasteiger partial charge in [-0.25, -0.2) is 4.39 Å². The number of hydrogen-bond donors (Lipinski definition) is 1. The molecule has 2 heteroatoms. The summed E-state index contributed by atoms with van der Waals surface area (Å²) in [6, 6.07) is 7.05. The second-order valence-corrected chi connectivity index (χ2v) is 5.68. The number of allylic oxidation sites excluding steroid dienone is 4. The van der Waals surface area contributed by atoms with Gasteiger partial charge in [0.05, 0.1) is 5.76 Å². The van der Waals surface area contributed by atoms with Gasteiger partial charge >= 0.3 is 0 Å². The predicted octanol–water partition coefficient (Wildman–Crippen LogP) is 6.07. The van der Waals surface area contributed by atoms with Gasteiger partial charge in [-0.1, -0.05) is 56.5 Å². The van der Waals surface area contributed by atoms with Crippen molar-refractivity contribution in [2.24, 2.45) is 0 Å². The Morgan fingerprint density at radius 3 is 2.38 bits per heavy atom. The molecule has 1 nitrogen and oxygen atoms in total. The third-order valence-electron chi connectivity index (χ3n) is 4.28. The van der Waals surface area contributed by atoms with Gasteiger partial charge in [-0.15, -0.1) is 0 Å². The number of hydrogen-bond acceptors (Lipinski definition) is 1. The number of aliphatic hydroxyl groups is 1. The number of benzene rings is 1. The lowest BCUT2D eigenvalue weighted by Crippen LogP contribution is -2.28. The Morgan fingerprint density at radius 1 is 1.19 bits per heavy atom. The van der Waals surface area contributed by atoms with Crippen molar-refractivity contribution in [3.8, 4) is 0 Å². The summed E-state index contributed by atoms with van der Waals surface area (Å²) in [5, 5.41) is 9.38. The molecule has 1 N–H and O–H groups in total. The number of unbranched alkanes of at least 4 members (excludes halogenated alkanes) is 1. The summed E-state index contributed by atoms with van der Waals surface area (Å²) >= 11 is 0. The van der Waals surface area contributed by atoms with E-state index in [1.165, 1.54) is 6.07 Å². The molecule has 1 rings (SSSR count). The maximum absolute atomic E-state index is 14.4. The Kier molecular flexibility index (Phi) is 6.67. The van der Waals surface area contributed by atoms with Crippen molar-refractivity contribution < 1.29 is 9.50 Å². The van der Waals surface area contributed by atoms with E-state index in [2.05, 4.69) is 13.8 Å². The lowest BCUT2D eigenvalue weighted by atomic mass is 9.69. The topological polar surface area (TPSA) is 20.2 Å². The zero-order valence-electron chi connectivity index (χ0n) is 13.6. The maximum Gasteiger partial charge on any atom is 0.127 e. The average Bonchev–Trinajstić information content (AvgIpc) is 2.47. The Balaban J connectivity index is 3.38. The first-order chi connectivity index (χ1) is 9.97. The van der Waals surface area contributed by atoms with E-state index in [-0.39, 0.29) is 17.0 Å². The van der Waals surface area contributed by atoms with Crippen molar-refractivity contribution in [2.75, 3.05) is 0 Å². The Labute approximate surface area is 128 Å². The molecule has 0 spiro atoms. The number of rotatable bonds is 7. The molecule has 21 heavy (non-hydrogen) atoms. The molecule has 0 aliphatic rings. The van der Waals surface area contributed by atoms with Gasteiger partial charge in [0.1, 0.15) is 5.82 Å². The monoisotopic (exact) mass is 290 g/mol. The highest BCUT2D eigenvalue weighted by molar-refractivity contribution is 5.38. The standard InChI is InChI=1S/C19H27FO/c1-5-7-14-19(6-2,15(3)12-13-16(4)21)17-10-8-9-11-18(17)20/h8-13,21H,5-7,14H2,1-4H3/b15-12+,16-13+. The largest absolute Gasteiger partial charge is 0.513 e. The molecule has 0 aliphatic carbocycles. The summed E-state index contributed by atoms with van der Waals surface area (Å²) in [6.07, 6.45) is 7.50. The van der Waals surface area contributed by atoms with Crippen molar-refractivity contribution in [1.29, 1.82) is 0 Å². The molecule has 1 atom stereocenters. The molecule has 0 bridgehead atoms. The first-order valence-electron chi connectivity index (χ1n) is 7.77. The minimum absolute atomic E-state index is 0.145. The van der Waals surface area contributed by atoms with E-state index in [0.717, 1.165) is 36.8 Å². The summed E-state index contributed by atoms with van der Waals surface area (Å²) in [5.41, 5.74) is 1.56. The Bertz CT molecular complexity index is 512. The van der Waals surface area contributed by atoms with Crippen LogP contribution in [0.2, 0.25) is 0 Å². The van der Waals surface area contributed by atoms with E-state index < -0.39 is 0 Å². The van der Waals surface area contributed by atoms with E-state index in [4.69, 9.17) is 0 Å². The van der Waals surface area contributed by atoms with Crippen LogP contribution in [0.15, 0.2) is 47.7 Å². The molecule has 0 aliphatic heterocycles. The summed E-state index contributed by atoms with van der Waals surface area (Å²) in [6.45, 7) is 7.94. The second kappa shape index (κ2) is 8.02. The van der Waals surface area contributed by atoms with Crippen molar-refractivity contribution in [3.05, 3.63) is 59.1 Å². The highest BCUT2D eigenvalue weighted by Gasteiger charge is 2.33. The first-order valence-corrected chi connectivity index (χ1v) is 7.77. The van der Waals surface area contributed by atoms with E-state index in [0.29, 0.717) is 0 Å². The summed E-state index contributed by atoms with van der Waals surface area (Å²) in [5.74, 6) is 0.122.